The van der Waals surface area contributed by atoms with Gasteiger partial charge in [0.05, 0.1) is 10.9 Å². The average Bonchev–Trinajstić information content (AvgIpc) is 2.61. The van der Waals surface area contributed by atoms with Crippen LogP contribution in [0.5, 0.6) is 5.88 Å². The van der Waals surface area contributed by atoms with E-state index in [1.807, 2.05) is 6.92 Å². The fourth-order valence-electron chi connectivity index (χ4n) is 1.40. The molecular weight excluding hydrogens is 228 g/mol. The van der Waals surface area contributed by atoms with E-state index in [1.165, 1.54) is 0 Å². The highest BCUT2D eigenvalue weighted by Crippen LogP contribution is 2.25. The van der Waals surface area contributed by atoms with Crippen LogP contribution in [0.25, 0.3) is 10.9 Å². The zero-order valence-corrected chi connectivity index (χ0v) is 9.54. The third kappa shape index (κ3) is 2.17. The molecule has 0 saturated carbocycles. The lowest BCUT2D eigenvalue weighted by molar-refractivity contribution is -0.134. The Morgan fingerprint density at radius 2 is 2.38 bits per heavy atom. The van der Waals surface area contributed by atoms with Gasteiger partial charge in [0, 0.05) is 11.4 Å². The van der Waals surface area contributed by atoms with Crippen LogP contribution in [0.1, 0.15) is 19.8 Å². The van der Waals surface area contributed by atoms with Crippen molar-refractivity contribution < 1.29 is 9.53 Å². The second-order valence-electron chi connectivity index (χ2n) is 3.44. The van der Waals surface area contributed by atoms with Crippen LogP contribution in [0.15, 0.2) is 18.2 Å². The van der Waals surface area contributed by atoms with Gasteiger partial charge in [0.25, 0.3) is 0 Å². The van der Waals surface area contributed by atoms with Crippen LogP contribution in [-0.2, 0) is 4.79 Å². The predicted molar refractivity (Wildman–Crippen MR) is 61.6 cm³/mol. The fraction of sp³-hybridized carbons (Fsp3) is 0.273. The zero-order chi connectivity index (χ0) is 11.5. The first-order valence-corrected chi connectivity index (χ1v) is 5.43. The van der Waals surface area contributed by atoms with Crippen LogP contribution in [0.4, 0.5) is 0 Å². The summed E-state index contributed by atoms with van der Waals surface area (Å²) >= 11 is 5.86. The molecule has 84 valence electrons. The van der Waals surface area contributed by atoms with Crippen molar-refractivity contribution in [3.8, 4) is 5.88 Å². The number of esters is 1. The summed E-state index contributed by atoms with van der Waals surface area (Å²) in [7, 11) is 0. The zero-order valence-electron chi connectivity index (χ0n) is 8.79. The largest absolute Gasteiger partial charge is 0.405 e. The number of benzene rings is 1. The van der Waals surface area contributed by atoms with E-state index >= 15 is 0 Å². The number of ether oxygens (including phenoxy) is 1. The van der Waals surface area contributed by atoms with E-state index in [4.69, 9.17) is 16.3 Å². The van der Waals surface area contributed by atoms with E-state index in [0.717, 1.165) is 17.3 Å². The molecule has 0 saturated heterocycles. The molecule has 0 spiro atoms. The molecule has 0 radical (unpaired) electrons. The molecule has 0 bridgehead atoms. The van der Waals surface area contributed by atoms with Gasteiger partial charge in [-0.25, -0.2) is 0 Å². The number of nitrogens with zero attached hydrogens (tertiary/aromatic N) is 1. The predicted octanol–water partition coefficient (Wildman–Crippen LogP) is 2.92. The number of rotatable bonds is 3. The maximum atomic E-state index is 11.3. The Kier molecular flexibility index (Phi) is 3.10. The highest BCUT2D eigenvalue weighted by atomic mass is 35.5. The monoisotopic (exact) mass is 238 g/mol. The van der Waals surface area contributed by atoms with Crippen molar-refractivity contribution in [1.29, 1.82) is 0 Å². The number of H-pyrrole nitrogens is 1. The van der Waals surface area contributed by atoms with Crippen LogP contribution in [-0.4, -0.2) is 16.2 Å². The highest BCUT2D eigenvalue weighted by molar-refractivity contribution is 6.31. The Morgan fingerprint density at radius 1 is 1.56 bits per heavy atom. The first-order valence-electron chi connectivity index (χ1n) is 5.05. The first kappa shape index (κ1) is 11.0. The van der Waals surface area contributed by atoms with Gasteiger partial charge >= 0.3 is 5.97 Å². The SMILES string of the molecule is CCCC(=O)Oc1n[nH]c2ccc(Cl)cc12. The second-order valence-corrected chi connectivity index (χ2v) is 3.88. The molecule has 16 heavy (non-hydrogen) atoms. The Hall–Kier alpha value is -1.55. The molecule has 0 aliphatic heterocycles. The van der Waals surface area contributed by atoms with Gasteiger partial charge in [-0.3, -0.25) is 9.89 Å². The number of carbonyl (C=O) groups excluding carboxylic acids is 1. The normalized spacial score (nSPS) is 10.6. The highest BCUT2D eigenvalue weighted by Gasteiger charge is 2.11. The van der Waals surface area contributed by atoms with Gasteiger partial charge in [0.1, 0.15) is 0 Å². The summed E-state index contributed by atoms with van der Waals surface area (Å²) in [6, 6.07) is 5.26. The van der Waals surface area contributed by atoms with Gasteiger partial charge in [-0.15, -0.1) is 5.10 Å². The molecular formula is C11H11ClN2O2. The van der Waals surface area contributed by atoms with Gasteiger partial charge in [0.2, 0.25) is 5.88 Å². The van der Waals surface area contributed by atoms with E-state index in [-0.39, 0.29) is 11.8 Å². The molecule has 0 amide bonds. The Bertz CT molecular complexity index is 522. The third-order valence-electron chi connectivity index (χ3n) is 2.15. The molecule has 1 heterocycles. The third-order valence-corrected chi connectivity index (χ3v) is 2.39. The van der Waals surface area contributed by atoms with Gasteiger partial charge in [0.15, 0.2) is 0 Å². The van der Waals surface area contributed by atoms with Gasteiger partial charge in [-0.1, -0.05) is 18.5 Å². The standard InChI is InChI=1S/C11H11ClN2O2/c1-2-3-10(15)16-11-8-6-7(12)4-5-9(8)13-14-11/h4-6H,2-3H2,1H3,(H,13,14). The van der Waals surface area contributed by atoms with Crippen molar-refractivity contribution in [2.24, 2.45) is 0 Å². The Balaban J connectivity index is 2.30. The Morgan fingerprint density at radius 3 is 3.12 bits per heavy atom. The van der Waals surface area contributed by atoms with Gasteiger partial charge < -0.3 is 4.74 Å². The quantitative estimate of drug-likeness (QED) is 0.837. The summed E-state index contributed by atoms with van der Waals surface area (Å²) in [4.78, 5) is 11.3. The lowest BCUT2D eigenvalue weighted by Crippen LogP contribution is -2.07. The molecule has 0 atom stereocenters. The van der Waals surface area contributed by atoms with Crippen molar-refractivity contribution in [1.82, 2.24) is 10.2 Å². The van der Waals surface area contributed by atoms with Crippen molar-refractivity contribution in [3.05, 3.63) is 23.2 Å². The first-order chi connectivity index (χ1) is 7.70. The number of aromatic amines is 1. The molecule has 0 fully saturated rings. The summed E-state index contributed by atoms with van der Waals surface area (Å²) in [6.45, 7) is 1.92. The molecule has 5 heteroatoms. The lowest BCUT2D eigenvalue weighted by atomic mass is 10.2. The minimum Gasteiger partial charge on any atom is -0.405 e. The molecule has 1 aromatic heterocycles. The summed E-state index contributed by atoms with van der Waals surface area (Å²) < 4.78 is 5.12. The number of hydrogen-bond donors (Lipinski definition) is 1. The molecule has 0 aliphatic carbocycles. The lowest BCUT2D eigenvalue weighted by Gasteiger charge is -1.99. The summed E-state index contributed by atoms with van der Waals surface area (Å²) in [6.07, 6.45) is 1.14. The topological polar surface area (TPSA) is 55.0 Å². The number of aromatic nitrogens is 2. The van der Waals surface area contributed by atoms with Crippen LogP contribution in [0, 0.1) is 0 Å². The number of nitrogens with one attached hydrogen (secondary N) is 1. The molecule has 4 nitrogen and oxygen atoms in total. The minimum atomic E-state index is -0.282. The smallest absolute Gasteiger partial charge is 0.312 e. The number of fused-ring (bicyclic) bond motifs is 1. The van der Waals surface area contributed by atoms with E-state index < -0.39 is 0 Å². The van der Waals surface area contributed by atoms with E-state index in [9.17, 15) is 4.79 Å². The molecule has 0 aliphatic rings. The van der Waals surface area contributed by atoms with Crippen LogP contribution in [0.2, 0.25) is 5.02 Å². The van der Waals surface area contributed by atoms with E-state index in [2.05, 4.69) is 10.2 Å². The van der Waals surface area contributed by atoms with Crippen LogP contribution >= 0.6 is 11.6 Å². The van der Waals surface area contributed by atoms with Crippen LogP contribution in [0.3, 0.4) is 0 Å². The van der Waals surface area contributed by atoms with Crippen molar-refractivity contribution in [2.45, 2.75) is 19.8 Å². The molecule has 1 aromatic carbocycles. The number of halogens is 1. The molecule has 2 aromatic rings. The second kappa shape index (κ2) is 4.53. The molecule has 2 rings (SSSR count). The summed E-state index contributed by atoms with van der Waals surface area (Å²) in [5, 5.41) is 8.01. The number of carbonyl (C=O) groups is 1. The van der Waals surface area contributed by atoms with Crippen molar-refractivity contribution in [2.75, 3.05) is 0 Å². The van der Waals surface area contributed by atoms with E-state index in [1.54, 1.807) is 18.2 Å². The fourth-order valence-corrected chi connectivity index (χ4v) is 1.58. The Labute approximate surface area is 97.5 Å². The maximum absolute atomic E-state index is 11.3. The maximum Gasteiger partial charge on any atom is 0.312 e. The summed E-state index contributed by atoms with van der Waals surface area (Å²) in [5.41, 5.74) is 0.795. The molecule has 0 unspecified atom stereocenters. The van der Waals surface area contributed by atoms with Crippen molar-refractivity contribution in [3.63, 3.8) is 0 Å². The molecule has 1 N–H and O–H groups in total. The van der Waals surface area contributed by atoms with Gasteiger partial charge in [-0.05, 0) is 24.6 Å². The minimum absolute atomic E-state index is 0.282. The summed E-state index contributed by atoms with van der Waals surface area (Å²) in [5.74, 6) is 0.00632. The number of hydrogen-bond acceptors (Lipinski definition) is 3. The average molecular weight is 239 g/mol. The van der Waals surface area contributed by atoms with Crippen LogP contribution < -0.4 is 4.74 Å². The van der Waals surface area contributed by atoms with E-state index in [0.29, 0.717) is 11.4 Å². The van der Waals surface area contributed by atoms with Crippen molar-refractivity contribution >= 4 is 28.5 Å². The van der Waals surface area contributed by atoms with Gasteiger partial charge in [-0.2, -0.15) is 0 Å².